The second-order valence-electron chi connectivity index (χ2n) is 4.37. The van der Waals surface area contributed by atoms with Gasteiger partial charge in [-0.2, -0.15) is 5.10 Å². The van der Waals surface area contributed by atoms with E-state index in [1.165, 1.54) is 11.3 Å². The molecule has 0 aliphatic carbocycles. The van der Waals surface area contributed by atoms with E-state index in [1.807, 2.05) is 37.0 Å². The number of hydrogen-bond donors (Lipinski definition) is 1. The molecule has 4 nitrogen and oxygen atoms in total. The maximum Gasteiger partial charge on any atom is 0.0629 e. The standard InChI is InChI=1S/C13H18N4/c1-9-12(10(2)17(3)16-9)7-13(14)11-5-4-6-15-8-11/h4-6,8,13H,7,14H2,1-3H3. The van der Waals surface area contributed by atoms with E-state index in [9.17, 15) is 0 Å². The molecule has 2 aromatic heterocycles. The SMILES string of the molecule is Cc1nn(C)c(C)c1CC(N)c1cccnc1. The van der Waals surface area contributed by atoms with E-state index in [0.29, 0.717) is 0 Å². The van der Waals surface area contributed by atoms with Gasteiger partial charge in [0.15, 0.2) is 0 Å². The fraction of sp³-hybridized carbons (Fsp3) is 0.385. The second-order valence-corrected chi connectivity index (χ2v) is 4.37. The largest absolute Gasteiger partial charge is 0.324 e. The lowest BCUT2D eigenvalue weighted by Crippen LogP contribution is -2.14. The molecule has 0 aromatic carbocycles. The molecule has 0 fully saturated rings. The molecule has 0 amide bonds. The molecule has 0 radical (unpaired) electrons. The minimum Gasteiger partial charge on any atom is -0.324 e. The Kier molecular flexibility index (Phi) is 3.24. The van der Waals surface area contributed by atoms with Crippen molar-refractivity contribution in [3.05, 3.63) is 47.0 Å². The van der Waals surface area contributed by atoms with Crippen molar-refractivity contribution < 1.29 is 0 Å². The van der Waals surface area contributed by atoms with Crippen LogP contribution in [0.1, 0.15) is 28.6 Å². The van der Waals surface area contributed by atoms with Gasteiger partial charge in [-0.3, -0.25) is 9.67 Å². The zero-order valence-corrected chi connectivity index (χ0v) is 10.5. The highest BCUT2D eigenvalue weighted by molar-refractivity contribution is 5.27. The third-order valence-electron chi connectivity index (χ3n) is 3.20. The quantitative estimate of drug-likeness (QED) is 0.872. The predicted octanol–water partition coefficient (Wildman–Crippen LogP) is 1.67. The Balaban J connectivity index is 2.22. The highest BCUT2D eigenvalue weighted by Gasteiger charge is 2.14. The average molecular weight is 230 g/mol. The van der Waals surface area contributed by atoms with Crippen molar-refractivity contribution in [3.8, 4) is 0 Å². The molecule has 2 aromatic rings. The average Bonchev–Trinajstić information content (AvgIpc) is 2.57. The fourth-order valence-electron chi connectivity index (χ4n) is 2.05. The fourth-order valence-corrected chi connectivity index (χ4v) is 2.05. The lowest BCUT2D eigenvalue weighted by atomic mass is 10.00. The van der Waals surface area contributed by atoms with Gasteiger partial charge in [0.2, 0.25) is 0 Å². The molecule has 0 bridgehead atoms. The number of nitrogens with two attached hydrogens (primary N) is 1. The number of hydrogen-bond acceptors (Lipinski definition) is 3. The Morgan fingerprint density at radius 2 is 2.18 bits per heavy atom. The summed E-state index contributed by atoms with van der Waals surface area (Å²) in [5.41, 5.74) is 10.7. The maximum atomic E-state index is 6.20. The smallest absolute Gasteiger partial charge is 0.0629 e. The van der Waals surface area contributed by atoms with Crippen molar-refractivity contribution in [1.29, 1.82) is 0 Å². The highest BCUT2D eigenvalue weighted by atomic mass is 15.3. The molecule has 2 rings (SSSR count). The monoisotopic (exact) mass is 230 g/mol. The van der Waals surface area contributed by atoms with Crippen LogP contribution in [0.25, 0.3) is 0 Å². The van der Waals surface area contributed by atoms with Gasteiger partial charge < -0.3 is 5.73 Å². The molecule has 0 saturated heterocycles. The molecule has 0 aliphatic rings. The summed E-state index contributed by atoms with van der Waals surface area (Å²) in [5.74, 6) is 0. The van der Waals surface area contributed by atoms with Gasteiger partial charge in [-0.25, -0.2) is 0 Å². The van der Waals surface area contributed by atoms with Crippen molar-refractivity contribution >= 4 is 0 Å². The number of aromatic nitrogens is 3. The van der Waals surface area contributed by atoms with Gasteiger partial charge in [0.1, 0.15) is 0 Å². The van der Waals surface area contributed by atoms with E-state index in [0.717, 1.165) is 17.7 Å². The van der Waals surface area contributed by atoms with E-state index in [2.05, 4.69) is 17.0 Å². The molecule has 1 unspecified atom stereocenters. The van der Waals surface area contributed by atoms with Crippen molar-refractivity contribution in [1.82, 2.24) is 14.8 Å². The van der Waals surface area contributed by atoms with Crippen LogP contribution >= 0.6 is 0 Å². The van der Waals surface area contributed by atoms with Crippen molar-refractivity contribution in [2.45, 2.75) is 26.3 Å². The molecule has 2 N–H and O–H groups in total. The summed E-state index contributed by atoms with van der Waals surface area (Å²) in [5, 5.41) is 4.40. The molecule has 90 valence electrons. The van der Waals surface area contributed by atoms with E-state index in [1.54, 1.807) is 6.20 Å². The van der Waals surface area contributed by atoms with Crippen LogP contribution in [-0.2, 0) is 13.5 Å². The van der Waals surface area contributed by atoms with Gasteiger partial charge >= 0.3 is 0 Å². The minimum absolute atomic E-state index is 0.0229. The Hall–Kier alpha value is -1.68. The molecule has 0 saturated carbocycles. The van der Waals surface area contributed by atoms with E-state index >= 15 is 0 Å². The zero-order valence-electron chi connectivity index (χ0n) is 10.5. The lowest BCUT2D eigenvalue weighted by molar-refractivity contribution is 0.704. The third-order valence-corrected chi connectivity index (χ3v) is 3.20. The van der Waals surface area contributed by atoms with Crippen LogP contribution in [0.5, 0.6) is 0 Å². The van der Waals surface area contributed by atoms with Crippen molar-refractivity contribution in [3.63, 3.8) is 0 Å². The van der Waals surface area contributed by atoms with Crippen LogP contribution in [-0.4, -0.2) is 14.8 Å². The topological polar surface area (TPSA) is 56.7 Å². The van der Waals surface area contributed by atoms with Gasteiger partial charge in [0.05, 0.1) is 5.69 Å². The second kappa shape index (κ2) is 4.67. The Morgan fingerprint density at radius 3 is 2.71 bits per heavy atom. The molecule has 2 heterocycles. The van der Waals surface area contributed by atoms with Crippen molar-refractivity contribution in [2.75, 3.05) is 0 Å². The minimum atomic E-state index is -0.0229. The molecular formula is C13H18N4. The highest BCUT2D eigenvalue weighted by Crippen LogP contribution is 2.20. The summed E-state index contributed by atoms with van der Waals surface area (Å²) in [6, 6.07) is 3.90. The van der Waals surface area contributed by atoms with Gasteiger partial charge in [0.25, 0.3) is 0 Å². The first-order valence-corrected chi connectivity index (χ1v) is 5.74. The predicted molar refractivity (Wildman–Crippen MR) is 67.6 cm³/mol. The Bertz CT molecular complexity index is 502. The van der Waals surface area contributed by atoms with Crippen LogP contribution in [0, 0.1) is 13.8 Å². The van der Waals surface area contributed by atoms with Crippen LogP contribution in [0.15, 0.2) is 24.5 Å². The van der Waals surface area contributed by atoms with Crippen molar-refractivity contribution in [2.24, 2.45) is 12.8 Å². The first-order valence-electron chi connectivity index (χ1n) is 5.74. The first-order chi connectivity index (χ1) is 8.09. The number of nitrogens with zero attached hydrogens (tertiary/aromatic N) is 3. The molecule has 0 aliphatic heterocycles. The lowest BCUT2D eigenvalue weighted by Gasteiger charge is -2.11. The number of aryl methyl sites for hydroxylation is 2. The summed E-state index contributed by atoms with van der Waals surface area (Å²) in [6.07, 6.45) is 4.39. The van der Waals surface area contributed by atoms with Crippen LogP contribution in [0.4, 0.5) is 0 Å². The molecular weight excluding hydrogens is 212 g/mol. The van der Waals surface area contributed by atoms with Gasteiger partial charge in [0, 0.05) is 31.2 Å². The molecule has 17 heavy (non-hydrogen) atoms. The van der Waals surface area contributed by atoms with E-state index in [4.69, 9.17) is 5.73 Å². The first kappa shape index (κ1) is 11.8. The summed E-state index contributed by atoms with van der Waals surface area (Å²) < 4.78 is 1.90. The van der Waals surface area contributed by atoms with Gasteiger partial charge in [-0.05, 0) is 37.5 Å². The van der Waals surface area contributed by atoms with E-state index in [-0.39, 0.29) is 6.04 Å². The Labute approximate surface area is 101 Å². The van der Waals surface area contributed by atoms with Crippen LogP contribution < -0.4 is 5.73 Å². The Morgan fingerprint density at radius 1 is 1.41 bits per heavy atom. The normalized spacial score (nSPS) is 12.7. The van der Waals surface area contributed by atoms with Crippen LogP contribution in [0.2, 0.25) is 0 Å². The number of rotatable bonds is 3. The van der Waals surface area contributed by atoms with Gasteiger partial charge in [-0.15, -0.1) is 0 Å². The van der Waals surface area contributed by atoms with Gasteiger partial charge in [-0.1, -0.05) is 6.07 Å². The summed E-state index contributed by atoms with van der Waals surface area (Å²) >= 11 is 0. The zero-order chi connectivity index (χ0) is 12.4. The van der Waals surface area contributed by atoms with E-state index < -0.39 is 0 Å². The molecule has 4 heteroatoms. The van der Waals surface area contributed by atoms with Crippen LogP contribution in [0.3, 0.4) is 0 Å². The third kappa shape index (κ3) is 2.36. The maximum absolute atomic E-state index is 6.20. The number of pyridine rings is 1. The molecule has 0 spiro atoms. The summed E-state index contributed by atoms with van der Waals surface area (Å²) in [4.78, 5) is 4.10. The molecule has 1 atom stereocenters. The summed E-state index contributed by atoms with van der Waals surface area (Å²) in [6.45, 7) is 4.10. The summed E-state index contributed by atoms with van der Waals surface area (Å²) in [7, 11) is 1.96.